The van der Waals surface area contributed by atoms with Gasteiger partial charge in [0.25, 0.3) is 5.91 Å². The first kappa shape index (κ1) is 15.4. The molecule has 0 radical (unpaired) electrons. The van der Waals surface area contributed by atoms with Gasteiger partial charge in [0.05, 0.1) is 34.6 Å². The minimum atomic E-state index is -0.841. The largest absolute Gasteiger partial charge is 0.394 e. The van der Waals surface area contributed by atoms with E-state index in [1.165, 1.54) is 4.90 Å². The highest BCUT2D eigenvalue weighted by molar-refractivity contribution is 6.01. The standard InChI is InChI=1S/C19H16N4O2/c1-19(10-24)17-13(18(25)23(19)2)6-7-15(22-17)14-9-21-16-11(8-20)4-3-5-12(14)16/h3-7,9,21,24H,10H2,1-2H3. The lowest BCUT2D eigenvalue weighted by atomic mass is 9.97. The Hall–Kier alpha value is -3.17. The van der Waals surface area contributed by atoms with Crippen molar-refractivity contribution in [3.63, 3.8) is 0 Å². The summed E-state index contributed by atoms with van der Waals surface area (Å²) in [5, 5.41) is 20.0. The molecule has 0 aliphatic carbocycles. The summed E-state index contributed by atoms with van der Waals surface area (Å²) in [5.74, 6) is -0.142. The third-order valence-electron chi connectivity index (χ3n) is 5.10. The van der Waals surface area contributed by atoms with Crippen molar-refractivity contribution in [1.29, 1.82) is 5.26 Å². The number of aromatic amines is 1. The van der Waals surface area contributed by atoms with Crippen molar-refractivity contribution in [3.05, 3.63) is 53.3 Å². The van der Waals surface area contributed by atoms with Crippen molar-refractivity contribution < 1.29 is 9.90 Å². The number of benzene rings is 1. The number of aliphatic hydroxyl groups is 1. The van der Waals surface area contributed by atoms with Gasteiger partial charge in [-0.2, -0.15) is 5.26 Å². The molecule has 0 bridgehead atoms. The van der Waals surface area contributed by atoms with E-state index in [4.69, 9.17) is 4.98 Å². The smallest absolute Gasteiger partial charge is 0.256 e. The zero-order valence-electron chi connectivity index (χ0n) is 13.9. The zero-order valence-corrected chi connectivity index (χ0v) is 13.9. The number of carbonyl (C=O) groups is 1. The van der Waals surface area contributed by atoms with E-state index in [2.05, 4.69) is 11.1 Å². The van der Waals surface area contributed by atoms with Crippen LogP contribution in [0.1, 0.15) is 28.5 Å². The molecule has 0 saturated carbocycles. The average molecular weight is 332 g/mol. The highest BCUT2D eigenvalue weighted by Crippen LogP contribution is 2.38. The Bertz CT molecular complexity index is 1060. The van der Waals surface area contributed by atoms with E-state index in [0.717, 1.165) is 16.5 Å². The maximum absolute atomic E-state index is 12.4. The predicted molar refractivity (Wildman–Crippen MR) is 92.8 cm³/mol. The maximum atomic E-state index is 12.4. The first-order valence-electron chi connectivity index (χ1n) is 7.92. The summed E-state index contributed by atoms with van der Waals surface area (Å²) in [6.45, 7) is 1.60. The summed E-state index contributed by atoms with van der Waals surface area (Å²) in [6, 6.07) is 11.3. The van der Waals surface area contributed by atoms with Gasteiger partial charge in [0.2, 0.25) is 0 Å². The van der Waals surface area contributed by atoms with E-state index in [1.54, 1.807) is 32.2 Å². The summed E-state index contributed by atoms with van der Waals surface area (Å²) in [6.07, 6.45) is 1.82. The molecular weight excluding hydrogens is 316 g/mol. The lowest BCUT2D eigenvalue weighted by molar-refractivity contribution is 0.0488. The molecule has 6 heteroatoms. The molecule has 25 heavy (non-hydrogen) atoms. The van der Waals surface area contributed by atoms with Gasteiger partial charge >= 0.3 is 0 Å². The van der Waals surface area contributed by atoms with Gasteiger partial charge in [-0.3, -0.25) is 4.79 Å². The van der Waals surface area contributed by atoms with Crippen molar-refractivity contribution >= 4 is 16.8 Å². The summed E-state index contributed by atoms with van der Waals surface area (Å²) < 4.78 is 0. The summed E-state index contributed by atoms with van der Waals surface area (Å²) in [5.41, 5.74) is 3.14. The molecule has 3 heterocycles. The van der Waals surface area contributed by atoms with E-state index in [0.29, 0.717) is 22.5 Å². The van der Waals surface area contributed by atoms with Crippen molar-refractivity contribution in [2.24, 2.45) is 0 Å². The second-order valence-corrected chi connectivity index (χ2v) is 6.43. The molecule has 2 N–H and O–H groups in total. The number of para-hydroxylation sites is 1. The van der Waals surface area contributed by atoms with Crippen molar-refractivity contribution in [3.8, 4) is 17.3 Å². The van der Waals surface area contributed by atoms with Crippen LogP contribution in [-0.2, 0) is 5.54 Å². The van der Waals surface area contributed by atoms with Crippen LogP contribution in [0.5, 0.6) is 0 Å². The number of H-pyrrole nitrogens is 1. The molecule has 0 saturated heterocycles. The monoisotopic (exact) mass is 332 g/mol. The molecule has 6 nitrogen and oxygen atoms in total. The maximum Gasteiger partial charge on any atom is 0.256 e. The van der Waals surface area contributed by atoms with Gasteiger partial charge in [-0.25, -0.2) is 4.98 Å². The van der Waals surface area contributed by atoms with Crippen LogP contribution in [0, 0.1) is 11.3 Å². The highest BCUT2D eigenvalue weighted by Gasteiger charge is 2.45. The SMILES string of the molecule is CN1C(=O)c2ccc(-c3c[nH]c4c(C#N)cccc34)nc2C1(C)CO. The van der Waals surface area contributed by atoms with Crippen LogP contribution in [0.15, 0.2) is 36.5 Å². The van der Waals surface area contributed by atoms with Gasteiger partial charge < -0.3 is 15.0 Å². The second-order valence-electron chi connectivity index (χ2n) is 6.43. The fourth-order valence-corrected chi connectivity index (χ4v) is 3.40. The predicted octanol–water partition coefficient (Wildman–Crippen LogP) is 2.39. The van der Waals surface area contributed by atoms with Gasteiger partial charge in [-0.1, -0.05) is 12.1 Å². The Labute approximate surface area is 144 Å². The quantitative estimate of drug-likeness (QED) is 0.753. The van der Waals surface area contributed by atoms with Crippen molar-refractivity contribution in [1.82, 2.24) is 14.9 Å². The van der Waals surface area contributed by atoms with Crippen LogP contribution in [-0.4, -0.2) is 39.5 Å². The summed E-state index contributed by atoms with van der Waals surface area (Å²) >= 11 is 0. The molecule has 1 amide bonds. The van der Waals surface area contributed by atoms with E-state index in [1.807, 2.05) is 18.3 Å². The van der Waals surface area contributed by atoms with Crippen LogP contribution < -0.4 is 0 Å². The topological polar surface area (TPSA) is 93.0 Å². The number of likely N-dealkylation sites (N-methyl/N-ethyl adjacent to an activating group) is 1. The number of hydrogen-bond acceptors (Lipinski definition) is 4. The average Bonchev–Trinajstić information content (AvgIpc) is 3.16. The number of carbonyl (C=O) groups excluding carboxylic acids is 1. The third kappa shape index (κ3) is 1.93. The number of hydrogen-bond donors (Lipinski definition) is 2. The fraction of sp³-hybridized carbons (Fsp3) is 0.211. The molecule has 1 aliphatic heterocycles. The van der Waals surface area contributed by atoms with Crippen molar-refractivity contribution in [2.75, 3.05) is 13.7 Å². The molecule has 0 fully saturated rings. The number of nitrogens with zero attached hydrogens (tertiary/aromatic N) is 3. The Morgan fingerprint density at radius 3 is 2.84 bits per heavy atom. The zero-order chi connectivity index (χ0) is 17.8. The van der Waals surface area contributed by atoms with Crippen LogP contribution in [0.4, 0.5) is 0 Å². The number of amides is 1. The van der Waals surface area contributed by atoms with E-state index in [-0.39, 0.29) is 12.5 Å². The number of aromatic nitrogens is 2. The number of nitriles is 1. The van der Waals surface area contributed by atoms with Gasteiger partial charge in [0.15, 0.2) is 0 Å². The normalized spacial score (nSPS) is 19.3. The Kier molecular flexibility index (Phi) is 3.17. The number of pyridine rings is 1. The summed E-state index contributed by atoms with van der Waals surface area (Å²) in [4.78, 5) is 21.8. The molecule has 1 aliphatic rings. The fourth-order valence-electron chi connectivity index (χ4n) is 3.40. The van der Waals surface area contributed by atoms with E-state index >= 15 is 0 Å². The van der Waals surface area contributed by atoms with Crippen molar-refractivity contribution in [2.45, 2.75) is 12.5 Å². The third-order valence-corrected chi connectivity index (χ3v) is 5.10. The van der Waals surface area contributed by atoms with Gasteiger partial charge in [0, 0.05) is 24.2 Å². The summed E-state index contributed by atoms with van der Waals surface area (Å²) in [7, 11) is 1.67. The van der Waals surface area contributed by atoms with Crippen LogP contribution in [0.25, 0.3) is 22.2 Å². The van der Waals surface area contributed by atoms with Crippen LogP contribution in [0.3, 0.4) is 0 Å². The van der Waals surface area contributed by atoms with Gasteiger partial charge in [0.1, 0.15) is 11.6 Å². The van der Waals surface area contributed by atoms with E-state index in [9.17, 15) is 15.2 Å². The molecular formula is C19H16N4O2. The lowest BCUT2D eigenvalue weighted by Crippen LogP contribution is -2.41. The molecule has 1 atom stereocenters. The molecule has 4 rings (SSSR count). The number of aliphatic hydroxyl groups excluding tert-OH is 1. The Morgan fingerprint density at radius 1 is 1.32 bits per heavy atom. The lowest BCUT2D eigenvalue weighted by Gasteiger charge is -2.30. The highest BCUT2D eigenvalue weighted by atomic mass is 16.3. The van der Waals surface area contributed by atoms with Gasteiger partial charge in [-0.05, 0) is 25.1 Å². The molecule has 1 aromatic carbocycles. The minimum Gasteiger partial charge on any atom is -0.394 e. The minimum absolute atomic E-state index is 0.142. The molecule has 2 aromatic heterocycles. The number of nitrogens with one attached hydrogen (secondary N) is 1. The number of rotatable bonds is 2. The van der Waals surface area contributed by atoms with Crippen LogP contribution >= 0.6 is 0 Å². The molecule has 124 valence electrons. The van der Waals surface area contributed by atoms with Gasteiger partial charge in [-0.15, -0.1) is 0 Å². The molecule has 3 aromatic rings. The van der Waals surface area contributed by atoms with E-state index < -0.39 is 5.54 Å². The first-order chi connectivity index (χ1) is 12.0. The number of fused-ring (bicyclic) bond motifs is 2. The van der Waals surface area contributed by atoms with Crippen LogP contribution in [0.2, 0.25) is 0 Å². The first-order valence-corrected chi connectivity index (χ1v) is 7.92. The Morgan fingerprint density at radius 2 is 2.12 bits per heavy atom. The second kappa shape index (κ2) is 5.16. The molecule has 0 spiro atoms. The Balaban J connectivity index is 1.93. The molecule has 1 unspecified atom stereocenters.